The van der Waals surface area contributed by atoms with Crippen molar-refractivity contribution < 1.29 is 27.5 Å². The van der Waals surface area contributed by atoms with E-state index in [0.717, 1.165) is 6.92 Å². The molecule has 9 heteroatoms. The second-order valence-electron chi connectivity index (χ2n) is 5.60. The van der Waals surface area contributed by atoms with Crippen molar-refractivity contribution in [2.75, 3.05) is 7.11 Å². The number of imidazole rings is 1. The van der Waals surface area contributed by atoms with Gasteiger partial charge >= 0.3 is 12.3 Å². The van der Waals surface area contributed by atoms with Crippen molar-refractivity contribution in [2.24, 2.45) is 5.92 Å². The first-order chi connectivity index (χ1) is 12.7. The highest BCUT2D eigenvalue weighted by molar-refractivity contribution is 5.52. The highest BCUT2D eigenvalue weighted by Crippen LogP contribution is 2.32. The number of benzene rings is 1. The lowest BCUT2D eigenvalue weighted by Gasteiger charge is -2.18. The summed E-state index contributed by atoms with van der Waals surface area (Å²) >= 11 is 0. The van der Waals surface area contributed by atoms with Crippen molar-refractivity contribution >= 4 is 6.15 Å². The monoisotopic (exact) mass is 381 g/mol. The lowest BCUT2D eigenvalue weighted by atomic mass is 10.00. The van der Waals surface area contributed by atoms with Gasteiger partial charge in [-0.2, -0.15) is 28.0 Å². The van der Waals surface area contributed by atoms with E-state index in [9.17, 15) is 18.4 Å². The van der Waals surface area contributed by atoms with Crippen LogP contribution in [0.4, 0.5) is 13.2 Å². The van der Waals surface area contributed by atoms with Crippen LogP contribution in [0.5, 0.6) is 5.75 Å². The van der Waals surface area contributed by atoms with Gasteiger partial charge in [-0.15, -0.1) is 0 Å². The van der Waals surface area contributed by atoms with E-state index in [1.54, 1.807) is 22.8 Å². The van der Waals surface area contributed by atoms with Gasteiger partial charge in [0.15, 0.2) is 0 Å². The maximum atomic E-state index is 12.7. The molecule has 0 aliphatic rings. The predicted octanol–water partition coefficient (Wildman–Crippen LogP) is 3.47. The Balaban J connectivity index is 0.00000114. The number of nitrogens with zero attached hydrogens (tertiary/aromatic N) is 3. The molecular weight excluding hydrogens is 363 g/mol. The molecule has 27 heavy (non-hydrogen) atoms. The number of carbonyl (C=O) groups excluding carboxylic acids is 2. The number of halogens is 3. The number of alkyl halides is 3. The molecule has 0 aliphatic carbocycles. The van der Waals surface area contributed by atoms with Gasteiger partial charge in [0.2, 0.25) is 0 Å². The van der Waals surface area contributed by atoms with Crippen LogP contribution < -0.4 is 4.74 Å². The van der Waals surface area contributed by atoms with Crippen LogP contribution in [-0.2, 0) is 22.4 Å². The fraction of sp³-hybridized carbons (Fsp3) is 0.389. The molecule has 1 unspecified atom stereocenters. The maximum Gasteiger partial charge on any atom is 0.391 e. The van der Waals surface area contributed by atoms with Gasteiger partial charge in [-0.1, -0.05) is 19.9 Å². The van der Waals surface area contributed by atoms with E-state index in [4.69, 9.17) is 14.3 Å². The van der Waals surface area contributed by atoms with Crippen LogP contribution in [0.2, 0.25) is 0 Å². The van der Waals surface area contributed by atoms with E-state index < -0.39 is 12.1 Å². The van der Waals surface area contributed by atoms with Crippen LogP contribution in [0.1, 0.15) is 30.9 Å². The summed E-state index contributed by atoms with van der Waals surface area (Å²) < 4.78 is 45.2. The number of nitriles is 1. The van der Waals surface area contributed by atoms with E-state index in [2.05, 4.69) is 11.1 Å². The summed E-state index contributed by atoms with van der Waals surface area (Å²) in [4.78, 5) is 20.4. The number of hydrogen-bond donors (Lipinski definition) is 0. The van der Waals surface area contributed by atoms with Crippen LogP contribution >= 0.6 is 0 Å². The minimum atomic E-state index is -4.24. The molecule has 0 saturated heterocycles. The summed E-state index contributed by atoms with van der Waals surface area (Å²) in [6, 6.07) is 6.94. The molecule has 0 bridgehead atoms. The van der Waals surface area contributed by atoms with E-state index in [0.29, 0.717) is 34.9 Å². The first kappa shape index (κ1) is 21.9. The van der Waals surface area contributed by atoms with E-state index in [1.807, 2.05) is 6.92 Å². The molecule has 144 valence electrons. The van der Waals surface area contributed by atoms with Crippen LogP contribution in [0.15, 0.2) is 24.4 Å². The number of ether oxygens (including phenoxy) is 1. The molecule has 1 heterocycles. The third-order valence-corrected chi connectivity index (χ3v) is 3.85. The Morgan fingerprint density at radius 3 is 2.44 bits per heavy atom. The third-order valence-electron chi connectivity index (χ3n) is 3.85. The highest BCUT2D eigenvalue weighted by atomic mass is 19.4. The number of rotatable bonds is 5. The molecular formula is C18H18F3N3O3. The van der Waals surface area contributed by atoms with Gasteiger partial charge in [-0.25, -0.2) is 4.98 Å². The molecule has 0 aliphatic heterocycles. The summed E-state index contributed by atoms with van der Waals surface area (Å²) in [7, 11) is 1.45. The van der Waals surface area contributed by atoms with Gasteiger partial charge in [0.1, 0.15) is 23.3 Å². The second kappa shape index (κ2) is 9.55. The van der Waals surface area contributed by atoms with Crippen LogP contribution in [0.3, 0.4) is 0 Å². The first-order valence-corrected chi connectivity index (χ1v) is 7.93. The largest absolute Gasteiger partial charge is 0.495 e. The Hall–Kier alpha value is -3.11. The molecule has 0 fully saturated rings. The maximum absolute atomic E-state index is 12.7. The summed E-state index contributed by atoms with van der Waals surface area (Å²) in [6.07, 6.45) is -2.04. The number of methoxy groups -OCH3 is 1. The van der Waals surface area contributed by atoms with E-state index in [-0.39, 0.29) is 12.6 Å². The highest BCUT2D eigenvalue weighted by Gasteiger charge is 2.35. The molecule has 1 aromatic heterocycles. The fourth-order valence-corrected chi connectivity index (χ4v) is 2.49. The molecule has 0 N–H and O–H groups in total. The van der Waals surface area contributed by atoms with Crippen LogP contribution in [0.25, 0.3) is 5.69 Å². The summed E-state index contributed by atoms with van der Waals surface area (Å²) in [5.74, 6) is -0.352. The lowest BCUT2D eigenvalue weighted by molar-refractivity contribution is -0.191. The second-order valence-corrected chi connectivity index (χ2v) is 5.60. The van der Waals surface area contributed by atoms with Gasteiger partial charge in [0.05, 0.1) is 24.9 Å². The van der Waals surface area contributed by atoms with Crippen molar-refractivity contribution in [2.45, 2.75) is 32.9 Å². The molecule has 6 nitrogen and oxygen atoms in total. The quantitative estimate of drug-likeness (QED) is 0.792. The zero-order chi connectivity index (χ0) is 20.6. The standard InChI is InChI=1S/C17H18F3N3O.CO2/c1-4-16-22-10-13(9-21)23(16)14-6-5-12(8-15(14)24-3)7-11(2)17(18,19)20;2-1-3/h5-6,8,10-11H,4,7H2,1-3H3;. The average Bonchev–Trinajstić information content (AvgIpc) is 3.04. The molecule has 1 atom stereocenters. The molecule has 0 amide bonds. The predicted molar refractivity (Wildman–Crippen MR) is 88.1 cm³/mol. The minimum Gasteiger partial charge on any atom is -0.495 e. The Kier molecular flexibility index (Phi) is 7.76. The van der Waals surface area contributed by atoms with Gasteiger partial charge < -0.3 is 4.74 Å². The first-order valence-electron chi connectivity index (χ1n) is 7.93. The van der Waals surface area contributed by atoms with Gasteiger partial charge in [-0.3, -0.25) is 4.57 Å². The van der Waals surface area contributed by atoms with Crippen molar-refractivity contribution in [1.29, 1.82) is 5.26 Å². The average molecular weight is 381 g/mol. The van der Waals surface area contributed by atoms with Crippen LogP contribution in [0, 0.1) is 17.2 Å². The molecule has 2 aromatic rings. The molecule has 2 rings (SSSR count). The molecule has 0 radical (unpaired) electrons. The topological polar surface area (TPSA) is 85.0 Å². The normalized spacial score (nSPS) is 11.6. The Bertz CT molecular complexity index is 848. The van der Waals surface area contributed by atoms with Gasteiger partial charge in [0.25, 0.3) is 0 Å². The van der Waals surface area contributed by atoms with Crippen molar-refractivity contribution in [1.82, 2.24) is 9.55 Å². The fourth-order valence-electron chi connectivity index (χ4n) is 2.49. The minimum absolute atomic E-state index is 0.129. The summed E-state index contributed by atoms with van der Waals surface area (Å²) in [5, 5.41) is 9.24. The lowest BCUT2D eigenvalue weighted by Crippen LogP contribution is -2.21. The Labute approximate surface area is 154 Å². The van der Waals surface area contributed by atoms with Crippen molar-refractivity contribution in [3.05, 3.63) is 41.5 Å². The molecule has 1 aromatic carbocycles. The number of hydrogen-bond acceptors (Lipinski definition) is 5. The zero-order valence-electron chi connectivity index (χ0n) is 15.0. The molecule has 0 spiro atoms. The molecule has 0 saturated carbocycles. The van der Waals surface area contributed by atoms with Crippen LogP contribution in [-0.4, -0.2) is 29.0 Å². The smallest absolute Gasteiger partial charge is 0.391 e. The zero-order valence-corrected chi connectivity index (χ0v) is 15.0. The number of aromatic nitrogens is 2. The third kappa shape index (κ3) is 5.43. The van der Waals surface area contributed by atoms with Crippen molar-refractivity contribution in [3.8, 4) is 17.5 Å². The van der Waals surface area contributed by atoms with E-state index in [1.165, 1.54) is 13.3 Å². The summed E-state index contributed by atoms with van der Waals surface area (Å²) in [5.41, 5.74) is 1.46. The Morgan fingerprint density at radius 1 is 1.33 bits per heavy atom. The SMILES string of the molecule is CCc1ncc(C#N)n1-c1ccc(CC(C)C(F)(F)F)cc1OC.O=C=O. The summed E-state index contributed by atoms with van der Waals surface area (Å²) in [6.45, 7) is 3.06. The van der Waals surface area contributed by atoms with Crippen molar-refractivity contribution in [3.63, 3.8) is 0 Å². The number of aryl methyl sites for hydroxylation is 1. The van der Waals surface area contributed by atoms with Gasteiger partial charge in [0, 0.05) is 6.42 Å². The van der Waals surface area contributed by atoms with E-state index >= 15 is 0 Å². The Morgan fingerprint density at radius 2 is 1.96 bits per heavy atom. The van der Waals surface area contributed by atoms with Gasteiger partial charge in [-0.05, 0) is 24.1 Å².